The summed E-state index contributed by atoms with van der Waals surface area (Å²) in [5.74, 6) is 0. The van der Waals surface area contributed by atoms with Crippen LogP contribution in [0, 0.1) is 0 Å². The van der Waals surface area contributed by atoms with Crippen LogP contribution in [-0.4, -0.2) is 0 Å². The first-order valence-electron chi connectivity index (χ1n) is 19.1. The Kier molecular flexibility index (Phi) is 8.88. The van der Waals surface area contributed by atoms with E-state index in [0.29, 0.717) is 10.5 Å². The first kappa shape index (κ1) is 34.8. The van der Waals surface area contributed by atoms with Gasteiger partial charge in [-0.1, -0.05) is 0 Å². The summed E-state index contributed by atoms with van der Waals surface area (Å²) in [7, 11) is 0. The third-order valence-electron chi connectivity index (χ3n) is 13.9. The van der Waals surface area contributed by atoms with Crippen molar-refractivity contribution in [2.75, 3.05) is 0 Å². The van der Waals surface area contributed by atoms with Crippen molar-refractivity contribution >= 4 is 33.7 Å². The zero-order valence-electron chi connectivity index (χ0n) is 31.8. The van der Waals surface area contributed by atoms with E-state index in [1.165, 1.54) is 54.9 Å². The fourth-order valence-electron chi connectivity index (χ4n) is 10.2. The summed E-state index contributed by atoms with van der Waals surface area (Å²) in [6.07, 6.45) is 7.48. The van der Waals surface area contributed by atoms with Crippen molar-refractivity contribution in [1.29, 1.82) is 0 Å². The van der Waals surface area contributed by atoms with Crippen molar-refractivity contribution in [2.45, 2.75) is 71.9 Å². The second-order valence-corrected chi connectivity index (χ2v) is 34.4. The van der Waals surface area contributed by atoms with Crippen molar-refractivity contribution in [2.24, 2.45) is 0 Å². The Morgan fingerprint density at radius 2 is 0.804 bits per heavy atom. The monoisotopic (exact) mass is 736 g/mol. The third-order valence-corrected chi connectivity index (χ3v) is 38.9. The first-order valence-corrected chi connectivity index (χ1v) is 28.7. The standard InChI is InChI=1S/2C21H17.C3H6.4CH3.2Ti/c2*1-2-15-13-17-9-6-12-20(21(17)14-15)19-11-5-8-16-7-3-4-10-18(16)19;1-3-2;;;;;;/h2*3-14H,2H2,1H3;1-2H3;4*1H3;;. The molecule has 8 rings (SSSR count). The molecule has 2 aliphatic rings. The van der Waals surface area contributed by atoms with E-state index in [4.69, 9.17) is 0 Å². The van der Waals surface area contributed by atoms with Gasteiger partial charge in [0.1, 0.15) is 0 Å². The van der Waals surface area contributed by atoms with E-state index in [0.717, 1.165) is 12.8 Å². The van der Waals surface area contributed by atoms with Crippen molar-refractivity contribution in [3.05, 3.63) is 155 Å². The van der Waals surface area contributed by atoms with E-state index in [2.05, 4.69) is 182 Å². The molecule has 51 heavy (non-hydrogen) atoms. The molecule has 2 aliphatic carbocycles. The van der Waals surface area contributed by atoms with Crippen LogP contribution >= 0.6 is 0 Å². The Bertz CT molecular complexity index is 2210. The van der Waals surface area contributed by atoms with Crippen molar-refractivity contribution < 1.29 is 33.2 Å². The molecule has 0 saturated heterocycles. The van der Waals surface area contributed by atoms with Crippen molar-refractivity contribution in [3.8, 4) is 22.3 Å². The molecule has 0 spiro atoms. The fourth-order valence-corrected chi connectivity index (χ4v) is 34.6. The fraction of sp³-hybridized carbons (Fsp3) is 0.265. The number of hydrogen-bond donors (Lipinski definition) is 0. The summed E-state index contributed by atoms with van der Waals surface area (Å²) < 4.78 is 1.46. The summed E-state index contributed by atoms with van der Waals surface area (Å²) in [5, 5.41) is 16.5. The van der Waals surface area contributed by atoms with Gasteiger partial charge in [0.25, 0.3) is 0 Å². The maximum atomic E-state index is 2.80. The Labute approximate surface area is 313 Å². The molecule has 6 aromatic carbocycles. The van der Waals surface area contributed by atoms with Gasteiger partial charge in [0, 0.05) is 0 Å². The molecule has 0 heterocycles. The quantitative estimate of drug-likeness (QED) is 0.137. The molecule has 0 saturated carbocycles. The minimum absolute atomic E-state index is 0.325. The van der Waals surface area contributed by atoms with Crippen LogP contribution in [0.3, 0.4) is 0 Å². The number of allylic oxidation sites excluding steroid dienone is 2. The topological polar surface area (TPSA) is 0 Å². The van der Waals surface area contributed by atoms with Gasteiger partial charge in [0.2, 0.25) is 0 Å². The molecular weight excluding hydrogens is 684 g/mol. The van der Waals surface area contributed by atoms with Crippen LogP contribution in [0.2, 0.25) is 22.9 Å². The maximum absolute atomic E-state index is 2.80. The molecule has 0 nitrogen and oxygen atoms in total. The van der Waals surface area contributed by atoms with Crippen molar-refractivity contribution in [1.82, 2.24) is 0 Å². The van der Waals surface area contributed by atoms with E-state index < -0.39 is 33.2 Å². The first-order chi connectivity index (χ1) is 24.5. The number of rotatable bonds is 8. The molecule has 2 atom stereocenters. The number of fused-ring (bicyclic) bond motifs is 4. The van der Waals surface area contributed by atoms with E-state index >= 15 is 0 Å². The predicted octanol–water partition coefficient (Wildman–Crippen LogP) is 15.4. The molecule has 0 amide bonds. The van der Waals surface area contributed by atoms with E-state index in [-0.39, 0.29) is 0 Å². The summed E-state index contributed by atoms with van der Waals surface area (Å²) >= 11 is -5.43. The Hall–Kier alpha value is -3.25. The third kappa shape index (κ3) is 5.31. The van der Waals surface area contributed by atoms with Crippen LogP contribution in [0.25, 0.3) is 56.0 Å². The van der Waals surface area contributed by atoms with Gasteiger partial charge in [-0.2, -0.15) is 0 Å². The molecule has 0 aromatic heterocycles. The number of hydrogen-bond acceptors (Lipinski definition) is 0. The second-order valence-electron chi connectivity index (χ2n) is 16.8. The zero-order valence-corrected chi connectivity index (χ0v) is 34.9. The summed E-state index contributed by atoms with van der Waals surface area (Å²) in [5.41, 5.74) is 15.0. The zero-order chi connectivity index (χ0) is 35.7. The summed E-state index contributed by atoms with van der Waals surface area (Å²) in [6, 6.07) is 45.9. The molecular formula is C49H52Ti2. The van der Waals surface area contributed by atoms with Gasteiger partial charge in [0.15, 0.2) is 0 Å². The van der Waals surface area contributed by atoms with Crippen LogP contribution in [0.4, 0.5) is 0 Å². The van der Waals surface area contributed by atoms with Crippen LogP contribution in [0.15, 0.2) is 132 Å². The van der Waals surface area contributed by atoms with E-state index in [1.807, 2.05) is 0 Å². The van der Waals surface area contributed by atoms with E-state index in [1.54, 1.807) is 22.3 Å². The molecule has 0 N–H and O–H groups in total. The van der Waals surface area contributed by atoms with Gasteiger partial charge in [-0.15, -0.1) is 0 Å². The van der Waals surface area contributed by atoms with E-state index in [9.17, 15) is 0 Å². The van der Waals surface area contributed by atoms with Crippen LogP contribution < -0.4 is 0 Å². The Morgan fingerprint density at radius 1 is 0.451 bits per heavy atom. The molecule has 256 valence electrons. The molecule has 0 fully saturated rings. The SMILES string of the molecule is CCC1=Cc2c(-c3cccc4ccccc34)cccc2[CH]1[Ti]([CH3])([CH3])[C](C)(C)[Ti]([CH3])([CH3])[CH]1C(CC)=Cc2c(-c3cccc4ccccc34)cccc21. The number of benzene rings is 6. The Balaban J connectivity index is 1.23. The predicted molar refractivity (Wildman–Crippen MR) is 218 cm³/mol. The Morgan fingerprint density at radius 3 is 1.22 bits per heavy atom. The minimum atomic E-state index is -2.72. The normalized spacial score (nSPS) is 17.4. The van der Waals surface area contributed by atoms with Crippen LogP contribution in [0.5, 0.6) is 0 Å². The molecule has 6 aromatic rings. The molecule has 2 heteroatoms. The van der Waals surface area contributed by atoms with Crippen LogP contribution in [0.1, 0.15) is 71.2 Å². The summed E-state index contributed by atoms with van der Waals surface area (Å²) in [4.78, 5) is 0. The van der Waals surface area contributed by atoms with Crippen molar-refractivity contribution in [3.63, 3.8) is 0 Å². The summed E-state index contributed by atoms with van der Waals surface area (Å²) in [6.45, 7) is 10.3. The molecule has 0 aliphatic heterocycles. The average Bonchev–Trinajstić information content (AvgIpc) is 3.74. The molecule has 0 radical (unpaired) electrons. The molecule has 0 bridgehead atoms. The molecule has 2 unspecified atom stereocenters. The van der Waals surface area contributed by atoms with Gasteiger partial charge in [-0.25, -0.2) is 0 Å². The van der Waals surface area contributed by atoms with Crippen LogP contribution in [-0.2, 0) is 33.2 Å². The van der Waals surface area contributed by atoms with Gasteiger partial charge < -0.3 is 0 Å². The second kappa shape index (κ2) is 13.0. The average molecular weight is 737 g/mol. The van der Waals surface area contributed by atoms with Gasteiger partial charge in [-0.05, 0) is 0 Å². The van der Waals surface area contributed by atoms with Gasteiger partial charge in [-0.3, -0.25) is 0 Å². The van der Waals surface area contributed by atoms with Gasteiger partial charge >= 0.3 is 316 Å². The van der Waals surface area contributed by atoms with Gasteiger partial charge in [0.05, 0.1) is 0 Å².